The molecule has 0 aromatic heterocycles. The predicted octanol–water partition coefficient (Wildman–Crippen LogP) is 3.66. The second-order valence-electron chi connectivity index (χ2n) is 5.45. The molecule has 2 rings (SSSR count). The molecule has 0 spiro atoms. The van der Waals surface area contributed by atoms with Crippen molar-refractivity contribution in [3.63, 3.8) is 0 Å². The van der Waals surface area contributed by atoms with Gasteiger partial charge in [0.15, 0.2) is 0 Å². The molecule has 0 aliphatic heterocycles. The van der Waals surface area contributed by atoms with Gasteiger partial charge in [0.05, 0.1) is 0 Å². The van der Waals surface area contributed by atoms with Gasteiger partial charge in [0.1, 0.15) is 11.6 Å². The Morgan fingerprint density at radius 2 is 2.11 bits per heavy atom. The van der Waals surface area contributed by atoms with Gasteiger partial charge in [-0.3, -0.25) is 0 Å². The van der Waals surface area contributed by atoms with E-state index < -0.39 is 5.82 Å². The molecule has 1 aliphatic carbocycles. The highest BCUT2D eigenvalue weighted by Gasteiger charge is 2.28. The molecule has 1 nitrogen and oxygen atoms in total. The summed E-state index contributed by atoms with van der Waals surface area (Å²) in [6.07, 6.45) is 5.11. The van der Waals surface area contributed by atoms with Gasteiger partial charge >= 0.3 is 0 Å². The van der Waals surface area contributed by atoms with Crippen LogP contribution in [0.2, 0.25) is 0 Å². The fraction of sp³-hybridized carbons (Fsp3) is 0.600. The number of nitrogens with two attached hydrogens (primary N) is 1. The summed E-state index contributed by atoms with van der Waals surface area (Å²) < 4.78 is 26.6. The molecule has 0 amide bonds. The number of hydrogen-bond acceptors (Lipinski definition) is 1. The Labute approximate surface area is 107 Å². The third-order valence-electron chi connectivity index (χ3n) is 4.23. The van der Waals surface area contributed by atoms with Gasteiger partial charge in [-0.05, 0) is 54.9 Å². The Bertz CT molecular complexity index is 405. The highest BCUT2D eigenvalue weighted by Crippen LogP contribution is 2.35. The summed E-state index contributed by atoms with van der Waals surface area (Å²) in [5.74, 6) is 0.476. The molecule has 0 bridgehead atoms. The SMILES string of the molecule is CCC1CCC(C(N)Cc2cc(F)ccc2F)C1. The second-order valence-corrected chi connectivity index (χ2v) is 5.45. The highest BCUT2D eigenvalue weighted by atomic mass is 19.1. The molecule has 0 radical (unpaired) electrons. The molecule has 0 heterocycles. The van der Waals surface area contributed by atoms with Crippen LogP contribution in [0.5, 0.6) is 0 Å². The van der Waals surface area contributed by atoms with Gasteiger partial charge in [-0.25, -0.2) is 8.78 Å². The third-order valence-corrected chi connectivity index (χ3v) is 4.23. The van der Waals surface area contributed by atoms with Crippen LogP contribution in [0.15, 0.2) is 18.2 Å². The summed E-state index contributed by atoms with van der Waals surface area (Å²) in [6, 6.07) is 3.54. The first-order valence-electron chi connectivity index (χ1n) is 6.79. The summed E-state index contributed by atoms with van der Waals surface area (Å²) in [6.45, 7) is 2.20. The maximum Gasteiger partial charge on any atom is 0.126 e. The van der Waals surface area contributed by atoms with Crippen molar-refractivity contribution >= 4 is 0 Å². The van der Waals surface area contributed by atoms with Crippen molar-refractivity contribution in [1.82, 2.24) is 0 Å². The lowest BCUT2D eigenvalue weighted by Crippen LogP contribution is -2.31. The summed E-state index contributed by atoms with van der Waals surface area (Å²) in [5, 5.41) is 0. The number of benzene rings is 1. The van der Waals surface area contributed by atoms with Crippen molar-refractivity contribution in [3.05, 3.63) is 35.4 Å². The minimum Gasteiger partial charge on any atom is -0.327 e. The van der Waals surface area contributed by atoms with Crippen LogP contribution in [-0.4, -0.2) is 6.04 Å². The van der Waals surface area contributed by atoms with Crippen LogP contribution in [0.25, 0.3) is 0 Å². The van der Waals surface area contributed by atoms with Gasteiger partial charge in [-0.1, -0.05) is 19.8 Å². The van der Waals surface area contributed by atoms with Gasteiger partial charge in [0.2, 0.25) is 0 Å². The van der Waals surface area contributed by atoms with Crippen molar-refractivity contribution in [1.29, 1.82) is 0 Å². The van der Waals surface area contributed by atoms with Crippen molar-refractivity contribution in [3.8, 4) is 0 Å². The Morgan fingerprint density at radius 3 is 2.78 bits per heavy atom. The van der Waals surface area contributed by atoms with Gasteiger partial charge in [0.25, 0.3) is 0 Å². The number of halogens is 2. The van der Waals surface area contributed by atoms with E-state index in [2.05, 4.69) is 6.92 Å². The molecule has 1 fully saturated rings. The Hall–Kier alpha value is -0.960. The smallest absolute Gasteiger partial charge is 0.126 e. The van der Waals surface area contributed by atoms with E-state index in [9.17, 15) is 8.78 Å². The van der Waals surface area contributed by atoms with Crippen molar-refractivity contribution in [2.45, 2.75) is 45.1 Å². The molecule has 18 heavy (non-hydrogen) atoms. The maximum absolute atomic E-state index is 13.5. The zero-order valence-corrected chi connectivity index (χ0v) is 10.8. The van der Waals surface area contributed by atoms with Crippen LogP contribution in [0.4, 0.5) is 8.78 Å². The first-order valence-corrected chi connectivity index (χ1v) is 6.79. The normalized spacial score (nSPS) is 25.3. The van der Waals surface area contributed by atoms with Gasteiger partial charge in [-0.15, -0.1) is 0 Å². The average molecular weight is 253 g/mol. The summed E-state index contributed by atoms with van der Waals surface area (Å²) in [5.41, 5.74) is 6.56. The lowest BCUT2D eigenvalue weighted by atomic mass is 9.91. The van der Waals surface area contributed by atoms with Gasteiger partial charge < -0.3 is 5.73 Å². The summed E-state index contributed by atoms with van der Waals surface area (Å²) in [4.78, 5) is 0. The Kier molecular flexibility index (Phi) is 4.33. The van der Waals surface area contributed by atoms with E-state index in [1.54, 1.807) is 0 Å². The zero-order valence-electron chi connectivity index (χ0n) is 10.8. The molecule has 1 aromatic rings. The van der Waals surface area contributed by atoms with E-state index in [1.165, 1.54) is 25.0 Å². The predicted molar refractivity (Wildman–Crippen MR) is 69.2 cm³/mol. The molecule has 0 saturated heterocycles. The van der Waals surface area contributed by atoms with Gasteiger partial charge in [0, 0.05) is 6.04 Å². The molecular weight excluding hydrogens is 232 g/mol. The van der Waals surface area contributed by atoms with Crippen LogP contribution in [0, 0.1) is 23.5 Å². The quantitative estimate of drug-likeness (QED) is 0.870. The molecule has 1 saturated carbocycles. The van der Waals surface area contributed by atoms with Gasteiger partial charge in [-0.2, -0.15) is 0 Å². The first-order chi connectivity index (χ1) is 8.60. The van der Waals surface area contributed by atoms with Crippen LogP contribution in [0.1, 0.15) is 38.2 Å². The molecule has 3 unspecified atom stereocenters. The monoisotopic (exact) mass is 253 g/mol. The highest BCUT2D eigenvalue weighted by molar-refractivity contribution is 5.20. The summed E-state index contributed by atoms with van der Waals surface area (Å²) >= 11 is 0. The Morgan fingerprint density at radius 1 is 1.33 bits per heavy atom. The van der Waals surface area contributed by atoms with E-state index in [4.69, 9.17) is 5.73 Å². The average Bonchev–Trinajstić information content (AvgIpc) is 2.82. The standard InChI is InChI=1S/C15H21F2N/c1-2-10-3-4-11(7-10)15(18)9-12-8-13(16)5-6-14(12)17/h5-6,8,10-11,15H,2-4,7,9,18H2,1H3. The van der Waals surface area contributed by atoms with E-state index in [0.29, 0.717) is 17.9 Å². The maximum atomic E-state index is 13.5. The van der Waals surface area contributed by atoms with E-state index in [-0.39, 0.29) is 11.9 Å². The van der Waals surface area contributed by atoms with Crippen LogP contribution in [-0.2, 0) is 6.42 Å². The van der Waals surface area contributed by atoms with E-state index >= 15 is 0 Å². The van der Waals surface area contributed by atoms with E-state index in [1.807, 2.05) is 0 Å². The van der Waals surface area contributed by atoms with Crippen molar-refractivity contribution in [2.24, 2.45) is 17.6 Å². The topological polar surface area (TPSA) is 26.0 Å². The lowest BCUT2D eigenvalue weighted by molar-refractivity contribution is 0.400. The fourth-order valence-electron chi connectivity index (χ4n) is 2.99. The number of rotatable bonds is 4. The summed E-state index contributed by atoms with van der Waals surface area (Å²) in [7, 11) is 0. The molecule has 1 aliphatic rings. The minimum atomic E-state index is -0.392. The fourth-order valence-corrected chi connectivity index (χ4v) is 2.99. The molecular formula is C15H21F2N. The molecule has 2 N–H and O–H groups in total. The lowest BCUT2D eigenvalue weighted by Gasteiger charge is -2.19. The number of hydrogen-bond donors (Lipinski definition) is 1. The zero-order chi connectivity index (χ0) is 13.1. The van der Waals surface area contributed by atoms with Crippen LogP contribution in [0.3, 0.4) is 0 Å². The van der Waals surface area contributed by atoms with E-state index in [0.717, 1.165) is 24.8 Å². The largest absolute Gasteiger partial charge is 0.327 e. The first kappa shape index (κ1) is 13.5. The minimum absolute atomic E-state index is 0.0575. The van der Waals surface area contributed by atoms with Crippen molar-refractivity contribution in [2.75, 3.05) is 0 Å². The molecule has 3 heteroatoms. The molecule has 100 valence electrons. The van der Waals surface area contributed by atoms with Crippen LogP contribution >= 0.6 is 0 Å². The molecule has 1 aromatic carbocycles. The Balaban J connectivity index is 1.98. The van der Waals surface area contributed by atoms with Crippen LogP contribution < -0.4 is 5.73 Å². The van der Waals surface area contributed by atoms with Crippen molar-refractivity contribution < 1.29 is 8.78 Å². The third kappa shape index (κ3) is 3.08. The molecule has 3 atom stereocenters. The second kappa shape index (κ2) is 5.79.